The minimum Gasteiger partial charge on any atom is -0.363 e. The molecule has 0 amide bonds. The summed E-state index contributed by atoms with van der Waals surface area (Å²) in [5, 5.41) is 0. The molecule has 0 N–H and O–H groups in total. The lowest BCUT2D eigenvalue weighted by atomic mass is 10.1. The number of aromatic nitrogens is 2. The predicted molar refractivity (Wildman–Crippen MR) is 99.8 cm³/mol. The average Bonchev–Trinajstić information content (AvgIpc) is 3.09. The van der Waals surface area contributed by atoms with Crippen LogP contribution in [0, 0.1) is 0 Å². The van der Waals surface area contributed by atoms with Crippen LogP contribution >= 0.6 is 0 Å². The number of rotatable bonds is 6. The number of likely N-dealkylation sites (N-methyl/N-ethyl adjacent to an activating group) is 1. The molecule has 1 saturated heterocycles. The summed E-state index contributed by atoms with van der Waals surface area (Å²) in [6.07, 6.45) is 4.13. The molecule has 128 valence electrons. The minimum absolute atomic E-state index is 0.484. The van der Waals surface area contributed by atoms with Gasteiger partial charge in [0.15, 0.2) is 0 Å². The molecule has 2 heterocycles. The Balaban J connectivity index is 1.56. The second-order valence-electron chi connectivity index (χ2n) is 6.70. The summed E-state index contributed by atoms with van der Waals surface area (Å²) in [5.74, 6) is 1.77. The van der Waals surface area contributed by atoms with E-state index in [1.165, 1.54) is 12.0 Å². The van der Waals surface area contributed by atoms with Crippen molar-refractivity contribution in [3.63, 3.8) is 0 Å². The Morgan fingerprint density at radius 1 is 1.12 bits per heavy atom. The molecule has 0 bridgehead atoms. The molecule has 1 atom stereocenters. The summed E-state index contributed by atoms with van der Waals surface area (Å²) in [7, 11) is 6.13. The molecule has 3 rings (SSSR count). The van der Waals surface area contributed by atoms with Gasteiger partial charge in [-0.1, -0.05) is 30.3 Å². The molecule has 5 nitrogen and oxygen atoms in total. The van der Waals surface area contributed by atoms with Crippen molar-refractivity contribution in [2.45, 2.75) is 18.9 Å². The predicted octanol–water partition coefficient (Wildman–Crippen LogP) is 2.30. The maximum Gasteiger partial charge on any atom is 0.227 e. The van der Waals surface area contributed by atoms with Crippen LogP contribution in [0.2, 0.25) is 0 Å². The number of anilines is 2. The van der Waals surface area contributed by atoms with E-state index in [0.29, 0.717) is 6.04 Å². The number of nitrogens with zero attached hydrogens (tertiary/aromatic N) is 5. The number of likely N-dealkylation sites (tertiary alicyclic amines) is 1. The van der Waals surface area contributed by atoms with E-state index < -0.39 is 0 Å². The van der Waals surface area contributed by atoms with E-state index in [1.54, 1.807) is 0 Å². The van der Waals surface area contributed by atoms with Crippen LogP contribution in [0.25, 0.3) is 0 Å². The van der Waals surface area contributed by atoms with E-state index in [9.17, 15) is 0 Å². The van der Waals surface area contributed by atoms with Gasteiger partial charge in [-0.3, -0.25) is 0 Å². The van der Waals surface area contributed by atoms with Crippen LogP contribution < -0.4 is 9.80 Å². The summed E-state index contributed by atoms with van der Waals surface area (Å²) in [4.78, 5) is 15.9. The molecule has 1 fully saturated rings. The summed E-state index contributed by atoms with van der Waals surface area (Å²) in [5.41, 5.74) is 1.41. The highest BCUT2D eigenvalue weighted by Gasteiger charge is 2.26. The molecule has 1 aliphatic rings. The Bertz CT molecular complexity index is 643. The number of hydrogen-bond donors (Lipinski definition) is 0. The zero-order valence-electron chi connectivity index (χ0n) is 14.9. The maximum absolute atomic E-state index is 4.66. The van der Waals surface area contributed by atoms with Crippen molar-refractivity contribution in [1.82, 2.24) is 14.9 Å². The molecule has 0 radical (unpaired) electrons. The van der Waals surface area contributed by atoms with Crippen LogP contribution in [0.5, 0.6) is 0 Å². The fourth-order valence-electron chi connectivity index (χ4n) is 3.18. The monoisotopic (exact) mass is 325 g/mol. The van der Waals surface area contributed by atoms with Crippen molar-refractivity contribution in [3.05, 3.63) is 48.2 Å². The fourth-order valence-corrected chi connectivity index (χ4v) is 3.18. The zero-order chi connectivity index (χ0) is 16.9. The van der Waals surface area contributed by atoms with Crippen LogP contribution in [-0.4, -0.2) is 61.7 Å². The first-order chi connectivity index (χ1) is 11.6. The Morgan fingerprint density at radius 3 is 2.67 bits per heavy atom. The Hall–Kier alpha value is -2.14. The summed E-state index contributed by atoms with van der Waals surface area (Å²) in [6.45, 7) is 3.35. The summed E-state index contributed by atoms with van der Waals surface area (Å²) < 4.78 is 0. The largest absolute Gasteiger partial charge is 0.363 e. The van der Waals surface area contributed by atoms with Crippen LogP contribution in [-0.2, 0) is 6.42 Å². The highest BCUT2D eigenvalue weighted by Crippen LogP contribution is 2.20. The molecule has 5 heteroatoms. The van der Waals surface area contributed by atoms with Crippen molar-refractivity contribution in [2.24, 2.45) is 0 Å². The van der Waals surface area contributed by atoms with Gasteiger partial charge >= 0.3 is 0 Å². The molecule has 0 aliphatic carbocycles. The summed E-state index contributed by atoms with van der Waals surface area (Å²) in [6, 6.07) is 13.2. The second-order valence-corrected chi connectivity index (χ2v) is 6.70. The Morgan fingerprint density at radius 2 is 1.92 bits per heavy atom. The third-order valence-corrected chi connectivity index (χ3v) is 4.76. The molecule has 1 unspecified atom stereocenters. The van der Waals surface area contributed by atoms with Gasteiger partial charge in [0.25, 0.3) is 0 Å². The van der Waals surface area contributed by atoms with Gasteiger partial charge in [0.1, 0.15) is 5.82 Å². The topological polar surface area (TPSA) is 35.5 Å². The van der Waals surface area contributed by atoms with Gasteiger partial charge in [0.05, 0.1) is 0 Å². The molecule has 0 saturated carbocycles. The Kier molecular flexibility index (Phi) is 5.30. The quantitative estimate of drug-likeness (QED) is 0.814. The smallest absolute Gasteiger partial charge is 0.227 e. The maximum atomic E-state index is 4.66. The molecule has 1 aliphatic heterocycles. The average molecular weight is 325 g/mol. The Labute approximate surface area is 144 Å². The van der Waals surface area contributed by atoms with Gasteiger partial charge in [-0.25, -0.2) is 4.98 Å². The lowest BCUT2D eigenvalue weighted by molar-refractivity contribution is 0.337. The van der Waals surface area contributed by atoms with Crippen molar-refractivity contribution in [2.75, 3.05) is 50.6 Å². The lowest BCUT2D eigenvalue weighted by Crippen LogP contribution is -2.36. The second kappa shape index (κ2) is 7.62. The van der Waals surface area contributed by atoms with Crippen LogP contribution in [0.1, 0.15) is 12.0 Å². The standard InChI is InChI=1S/C19H27N5/c1-22(2)18-9-12-20-19(21-18)23(3)17-11-14-24(15-17)13-10-16-7-5-4-6-8-16/h4-9,12,17H,10-11,13-15H2,1-3H3. The number of benzene rings is 1. The van der Waals surface area contributed by atoms with Gasteiger partial charge in [-0.05, 0) is 24.5 Å². The van der Waals surface area contributed by atoms with E-state index in [1.807, 2.05) is 31.3 Å². The van der Waals surface area contributed by atoms with Crippen molar-refractivity contribution in [3.8, 4) is 0 Å². The molecule has 2 aromatic rings. The molecule has 0 spiro atoms. The molecular weight excluding hydrogens is 298 g/mol. The first kappa shape index (κ1) is 16.7. The van der Waals surface area contributed by atoms with Gasteiger partial charge in [-0.2, -0.15) is 4.98 Å². The van der Waals surface area contributed by atoms with E-state index in [2.05, 4.69) is 57.1 Å². The molecular formula is C19H27N5. The molecule has 24 heavy (non-hydrogen) atoms. The van der Waals surface area contributed by atoms with E-state index in [4.69, 9.17) is 0 Å². The van der Waals surface area contributed by atoms with Gasteiger partial charge in [0, 0.05) is 53.0 Å². The van der Waals surface area contributed by atoms with Crippen LogP contribution in [0.3, 0.4) is 0 Å². The zero-order valence-corrected chi connectivity index (χ0v) is 14.9. The van der Waals surface area contributed by atoms with Crippen molar-refractivity contribution in [1.29, 1.82) is 0 Å². The normalized spacial score (nSPS) is 17.9. The van der Waals surface area contributed by atoms with Crippen molar-refractivity contribution < 1.29 is 0 Å². The van der Waals surface area contributed by atoms with Crippen LogP contribution in [0.4, 0.5) is 11.8 Å². The van der Waals surface area contributed by atoms with Crippen LogP contribution in [0.15, 0.2) is 42.6 Å². The highest BCUT2D eigenvalue weighted by molar-refractivity contribution is 5.42. The first-order valence-electron chi connectivity index (χ1n) is 8.63. The van der Waals surface area contributed by atoms with E-state index in [-0.39, 0.29) is 0 Å². The van der Waals surface area contributed by atoms with Crippen molar-refractivity contribution >= 4 is 11.8 Å². The first-order valence-corrected chi connectivity index (χ1v) is 8.63. The lowest BCUT2D eigenvalue weighted by Gasteiger charge is -2.25. The SMILES string of the molecule is CN(C)c1ccnc(N(C)C2CCN(CCc3ccccc3)C2)n1. The third-order valence-electron chi connectivity index (χ3n) is 4.76. The van der Waals surface area contributed by atoms with Gasteiger partial charge < -0.3 is 14.7 Å². The number of hydrogen-bond acceptors (Lipinski definition) is 5. The van der Waals surface area contributed by atoms with Gasteiger partial charge in [-0.15, -0.1) is 0 Å². The summed E-state index contributed by atoms with van der Waals surface area (Å²) >= 11 is 0. The molecule has 1 aromatic heterocycles. The molecule has 1 aromatic carbocycles. The fraction of sp³-hybridized carbons (Fsp3) is 0.474. The third kappa shape index (κ3) is 4.03. The minimum atomic E-state index is 0.484. The van der Waals surface area contributed by atoms with E-state index >= 15 is 0 Å². The highest BCUT2D eigenvalue weighted by atomic mass is 15.3. The van der Waals surface area contributed by atoms with E-state index in [0.717, 1.165) is 37.8 Å². The van der Waals surface area contributed by atoms with Gasteiger partial charge in [0.2, 0.25) is 5.95 Å².